The van der Waals surface area contributed by atoms with Crippen molar-refractivity contribution < 1.29 is 170 Å². The number of carbonyl (C=O) groups is 8. The van der Waals surface area contributed by atoms with Gasteiger partial charge in [0.25, 0.3) is 5.91 Å². The zero-order chi connectivity index (χ0) is 94.2. The molecule has 0 aromatic heterocycles. The number of hydrogen-bond donors (Lipinski definition) is 10. The number of rotatable bonds is 25. The van der Waals surface area contributed by atoms with E-state index in [2.05, 4.69) is 0 Å². The van der Waals surface area contributed by atoms with Gasteiger partial charge < -0.3 is 137 Å². The highest BCUT2D eigenvalue weighted by Gasteiger charge is 2.40. The van der Waals surface area contributed by atoms with Crippen LogP contribution in [0.4, 0.5) is 0 Å². The minimum atomic E-state index is -1.17. The molecule has 0 saturated carbocycles. The Hall–Kier alpha value is -15.3. The Labute approximate surface area is 759 Å². The smallest absolute Gasteiger partial charge is 0.344 e. The van der Waals surface area contributed by atoms with E-state index in [1.54, 1.807) is 137 Å². The lowest BCUT2D eigenvalue weighted by atomic mass is 9.87. The lowest BCUT2D eigenvalue weighted by molar-refractivity contribution is -0.157. The van der Waals surface area contributed by atoms with Crippen LogP contribution in [0.3, 0.4) is 0 Å². The van der Waals surface area contributed by atoms with Crippen molar-refractivity contribution >= 4 is 90.8 Å². The average Bonchev–Trinajstić information content (AvgIpc) is 1.50. The van der Waals surface area contributed by atoms with Crippen LogP contribution in [0.5, 0.6) is 69.0 Å². The Kier molecular flexibility index (Phi) is 25.6. The molecule has 36 heteroatoms. The third-order valence-corrected chi connectivity index (χ3v) is 23.0. The molecule has 0 fully saturated rings. The van der Waals surface area contributed by atoms with Crippen molar-refractivity contribution in [3.63, 3.8) is 0 Å². The molecule has 12 aromatic rings. The predicted molar refractivity (Wildman–Crippen MR) is 467 cm³/mol. The Balaban J connectivity index is 0.000000125. The zero-order valence-corrected chi connectivity index (χ0v) is 72.1. The highest BCUT2D eigenvalue weighted by Crippen LogP contribution is 2.54. The molecule has 8 aliphatic rings. The topological polar surface area (TPSA) is 511 Å². The van der Waals surface area contributed by atoms with E-state index in [1.165, 1.54) is 0 Å². The molecule has 20 rings (SSSR count). The standard InChI is InChI=1S/C27H26O9.C25H22O9.C23H19NO8.C23H18O9/c1-27(2,3)36-22(30)12-32-25-18-7-16(10-29)15(9-28)6-17(18)23(24-19(25)11-33-26(24)31)14-4-5-20-21(8-14)35-13-34-20;1-2-30-21(28)11-31-24-17-6-15(9-27)14(8-26)5-16(17)22(23-18(24)10-32-25(23)29)13-3-4-19-20(7-13)34-12-33-19;24-19(27)9-29-22-15-4-13(7-26)12(6-25)3-14(15)20(21-16(22)8-30-23(21)28)11-1-2-17-18(5-11)32-10-31-17;24-6-12-3-14-15(4-13(12)7-25)22(29-9-19(26)27)16-8-30-23(28)21(16)20(14)11-1-2-17-18(5-11)32-10-31-17/h4-8,28-29H,9-13H2,1-3H3;3-7,26-27H,2,8-12H2,1H3;1-5,25-26H,6-10H2,(H2,24,27);1-5,24-25H,6-10H2,(H,26,27). The van der Waals surface area contributed by atoms with Gasteiger partial charge in [-0.05, 0) is 213 Å². The van der Waals surface area contributed by atoms with E-state index in [0.29, 0.717) is 229 Å². The molecule has 0 aliphatic carbocycles. The molecule has 12 aromatic carbocycles. The molecular formula is C98H85NO35. The van der Waals surface area contributed by atoms with Crippen molar-refractivity contribution in [3.8, 4) is 114 Å². The average molecular weight is 1840 g/mol. The summed E-state index contributed by atoms with van der Waals surface area (Å²) in [4.78, 5) is 98.4. The van der Waals surface area contributed by atoms with Crippen LogP contribution in [-0.4, -0.2) is 159 Å². The predicted octanol–water partition coefficient (Wildman–Crippen LogP) is 10.6. The van der Waals surface area contributed by atoms with Gasteiger partial charge in [0.05, 0.1) is 81.7 Å². The van der Waals surface area contributed by atoms with E-state index in [-0.39, 0.29) is 143 Å². The first-order valence-corrected chi connectivity index (χ1v) is 41.9. The fourth-order valence-electron chi connectivity index (χ4n) is 17.2. The molecule has 0 spiro atoms. The summed E-state index contributed by atoms with van der Waals surface area (Å²) < 4.78 is 98.5. The maximum Gasteiger partial charge on any atom is 0.344 e. The molecule has 11 N–H and O–H groups in total. The fourth-order valence-corrected chi connectivity index (χ4v) is 17.2. The normalized spacial score (nSPS) is 13.9. The number of ether oxygens (including phenoxy) is 18. The number of amides is 1. The van der Waals surface area contributed by atoms with Crippen LogP contribution in [0, 0.1) is 0 Å². The summed E-state index contributed by atoms with van der Waals surface area (Å²) in [6.45, 7) is 3.10. The lowest BCUT2D eigenvalue weighted by Crippen LogP contribution is -2.27. The minimum absolute atomic E-state index is 0.0317. The van der Waals surface area contributed by atoms with Gasteiger partial charge in [0.2, 0.25) is 27.2 Å². The first-order valence-electron chi connectivity index (χ1n) is 41.9. The molecule has 134 heavy (non-hydrogen) atoms. The third kappa shape index (κ3) is 17.3. The number of benzene rings is 12. The molecule has 0 atom stereocenters. The molecule has 0 radical (unpaired) electrons. The van der Waals surface area contributed by atoms with Gasteiger partial charge in [-0.3, -0.25) is 4.79 Å². The zero-order valence-electron chi connectivity index (χ0n) is 72.1. The number of esters is 6. The van der Waals surface area contributed by atoms with Crippen molar-refractivity contribution in [2.45, 2.75) is 113 Å². The van der Waals surface area contributed by atoms with Gasteiger partial charge in [-0.2, -0.15) is 0 Å². The van der Waals surface area contributed by atoms with Crippen LogP contribution in [0.2, 0.25) is 0 Å². The van der Waals surface area contributed by atoms with Crippen molar-refractivity contribution in [1.29, 1.82) is 0 Å². The van der Waals surface area contributed by atoms with Crippen molar-refractivity contribution in [1.82, 2.24) is 0 Å². The second kappa shape index (κ2) is 37.9. The summed E-state index contributed by atoms with van der Waals surface area (Å²) in [5.41, 5.74) is 16.5. The number of aliphatic hydroxyl groups excluding tert-OH is 8. The summed E-state index contributed by atoms with van der Waals surface area (Å²) in [7, 11) is 0. The number of carboxylic acid groups (broad SMARTS) is 1. The van der Waals surface area contributed by atoms with Crippen LogP contribution in [0.15, 0.2) is 121 Å². The van der Waals surface area contributed by atoms with Gasteiger partial charge in [0.1, 0.15) is 55.0 Å². The van der Waals surface area contributed by atoms with Crippen LogP contribution >= 0.6 is 0 Å². The summed E-state index contributed by atoms with van der Waals surface area (Å²) in [6.07, 6.45) is 0. The van der Waals surface area contributed by atoms with E-state index in [1.807, 2.05) is 12.1 Å². The number of primary amides is 1. The second-order valence-electron chi connectivity index (χ2n) is 32.1. The van der Waals surface area contributed by atoms with Crippen LogP contribution in [0.1, 0.15) is 136 Å². The molecule has 0 bridgehead atoms. The van der Waals surface area contributed by atoms with Gasteiger partial charge in [-0.15, -0.1) is 0 Å². The summed E-state index contributed by atoms with van der Waals surface area (Å²) >= 11 is 0. The van der Waals surface area contributed by atoms with Crippen molar-refractivity contribution in [2.75, 3.05) is 60.2 Å². The first kappa shape index (κ1) is 90.6. The van der Waals surface area contributed by atoms with E-state index in [9.17, 15) is 79.2 Å². The summed E-state index contributed by atoms with van der Waals surface area (Å²) in [5.74, 6) is 0.475. The molecule has 8 heterocycles. The lowest BCUT2D eigenvalue weighted by Gasteiger charge is -2.21. The van der Waals surface area contributed by atoms with Crippen molar-refractivity contribution in [3.05, 3.63) is 210 Å². The number of aliphatic carboxylic acids is 1. The van der Waals surface area contributed by atoms with E-state index in [0.717, 1.165) is 0 Å². The SMILES string of the molecule is CC(C)(C)OC(=O)COc1c2c(c(-c3ccc4c(c3)OCO4)c3cc(CO)c(CO)cc13)C(=O)OC2.CCOC(=O)COc1c2c(c(-c3ccc4c(c3)OCO4)c3cc(CO)c(CO)cc13)C(=O)OC2.NC(=O)COc1c2c(c(-c3ccc4c(c3)OCO4)c3cc(CO)c(CO)cc13)C(=O)OC2.O=C(O)COc1c2c(c(-c3ccc4c(c3)OCO4)c3cc(CO)c(CO)cc13)C(=O)OC2. The number of cyclic esters (lactones) is 4. The monoisotopic (exact) mass is 1840 g/mol. The van der Waals surface area contributed by atoms with E-state index < -0.39 is 66.5 Å². The first-order chi connectivity index (χ1) is 64.8. The van der Waals surface area contributed by atoms with Gasteiger partial charge in [0, 0.05) is 66.1 Å². The fraction of sp³-hybridized carbons (Fsp3) is 0.265. The number of aliphatic hydroxyl groups is 8. The molecule has 1 amide bonds. The summed E-state index contributed by atoms with van der Waals surface area (Å²) in [5, 5.41) is 92.6. The molecular weight excluding hydrogens is 1750 g/mol. The quantitative estimate of drug-likeness (QED) is 0.0188. The third-order valence-electron chi connectivity index (χ3n) is 23.0. The number of carboxylic acids is 1. The van der Waals surface area contributed by atoms with Crippen LogP contribution in [-0.2, 0) is 127 Å². The minimum Gasteiger partial charge on any atom is -0.483 e. The van der Waals surface area contributed by atoms with Crippen molar-refractivity contribution in [2.24, 2.45) is 5.73 Å². The summed E-state index contributed by atoms with van der Waals surface area (Å²) in [6, 6.07) is 34.8. The van der Waals surface area contributed by atoms with E-state index in [4.69, 9.17) is 96.1 Å². The number of nitrogens with two attached hydrogens (primary N) is 1. The number of fused-ring (bicyclic) bond motifs is 12. The van der Waals surface area contributed by atoms with Gasteiger partial charge in [-0.1, -0.05) is 24.3 Å². The van der Waals surface area contributed by atoms with Gasteiger partial charge >= 0.3 is 41.8 Å². The number of hydrogen-bond acceptors (Lipinski definition) is 34. The Morgan fingerprint density at radius 2 is 0.552 bits per heavy atom. The van der Waals surface area contributed by atoms with E-state index >= 15 is 0 Å². The highest BCUT2D eigenvalue weighted by molar-refractivity contribution is 6.18. The second-order valence-corrected chi connectivity index (χ2v) is 32.1. The molecule has 8 aliphatic heterocycles. The molecule has 36 nitrogen and oxygen atoms in total. The van der Waals surface area contributed by atoms with Crippen LogP contribution < -0.4 is 62.6 Å². The Morgan fingerprint density at radius 3 is 0.791 bits per heavy atom. The number of carbonyl (C=O) groups excluding carboxylic acids is 7. The molecule has 0 unspecified atom stereocenters. The molecule has 692 valence electrons. The van der Waals surface area contributed by atoms with Crippen LogP contribution in [0.25, 0.3) is 87.6 Å². The highest BCUT2D eigenvalue weighted by atomic mass is 16.7. The Morgan fingerprint density at radius 1 is 0.313 bits per heavy atom. The largest absolute Gasteiger partial charge is 0.483 e. The van der Waals surface area contributed by atoms with Gasteiger partial charge in [0.15, 0.2) is 72.4 Å². The van der Waals surface area contributed by atoms with Gasteiger partial charge in [-0.25, -0.2) is 33.6 Å². The maximum absolute atomic E-state index is 13.0. The maximum atomic E-state index is 13.0. The molecule has 0 saturated heterocycles. The Bertz CT molecular complexity index is 6690.